The van der Waals surface area contributed by atoms with Gasteiger partial charge in [-0.05, 0) is 0 Å². The second-order valence-electron chi connectivity index (χ2n) is 3.10. The number of hydrogen-bond acceptors (Lipinski definition) is 4. The van der Waals surface area contributed by atoms with Crippen molar-refractivity contribution in [2.24, 2.45) is 7.05 Å². The fourth-order valence-corrected chi connectivity index (χ4v) is 1.36. The van der Waals surface area contributed by atoms with E-state index >= 15 is 0 Å². The summed E-state index contributed by atoms with van der Waals surface area (Å²) in [7, 11) is 4.23. The highest BCUT2D eigenvalue weighted by molar-refractivity contribution is 5.22. The minimum absolute atomic E-state index is 0.313. The molecular formula is C10H14N2O4. The molecule has 1 rings (SSSR count). The molecule has 0 unspecified atom stereocenters. The zero-order chi connectivity index (χ0) is 12.3. The molecule has 1 aromatic heterocycles. The molecule has 6 nitrogen and oxygen atoms in total. The smallest absolute Gasteiger partial charge is 0.335 e. The molecule has 0 fully saturated rings. The van der Waals surface area contributed by atoms with Crippen LogP contribution in [0.15, 0.2) is 22.2 Å². The number of rotatable bonds is 4. The van der Waals surface area contributed by atoms with Gasteiger partial charge in [-0.3, -0.25) is 13.9 Å². The Morgan fingerprint density at radius 2 is 1.94 bits per heavy atom. The van der Waals surface area contributed by atoms with Gasteiger partial charge in [0.15, 0.2) is 6.29 Å². The van der Waals surface area contributed by atoms with E-state index in [0.717, 1.165) is 4.57 Å². The van der Waals surface area contributed by atoms with E-state index in [1.54, 1.807) is 0 Å². The largest absolute Gasteiger partial charge is 0.350 e. The molecule has 6 heteroatoms. The third-order valence-electron chi connectivity index (χ3n) is 2.23. The van der Waals surface area contributed by atoms with Crippen molar-refractivity contribution in [1.82, 2.24) is 9.13 Å². The molecule has 0 amide bonds. The van der Waals surface area contributed by atoms with Gasteiger partial charge in [-0.1, -0.05) is 6.58 Å². The lowest BCUT2D eigenvalue weighted by Crippen LogP contribution is -2.38. The van der Waals surface area contributed by atoms with Gasteiger partial charge in [0, 0.05) is 33.5 Å². The van der Waals surface area contributed by atoms with Gasteiger partial charge >= 0.3 is 5.69 Å². The summed E-state index contributed by atoms with van der Waals surface area (Å²) < 4.78 is 12.2. The van der Waals surface area contributed by atoms with Gasteiger partial charge in [0.1, 0.15) is 0 Å². The van der Waals surface area contributed by atoms with Crippen molar-refractivity contribution in [2.45, 2.75) is 6.29 Å². The van der Waals surface area contributed by atoms with Crippen molar-refractivity contribution in [3.05, 3.63) is 39.2 Å². The summed E-state index contributed by atoms with van der Waals surface area (Å²) in [5, 5.41) is 0. The first-order valence-corrected chi connectivity index (χ1v) is 4.57. The van der Waals surface area contributed by atoms with Crippen LogP contribution in [0.5, 0.6) is 0 Å². The predicted octanol–water partition coefficient (Wildman–Crippen LogP) is -0.0611. The highest BCUT2D eigenvalue weighted by Gasteiger charge is 2.16. The van der Waals surface area contributed by atoms with Crippen LogP contribution in [0.25, 0.3) is 6.20 Å². The van der Waals surface area contributed by atoms with Crippen LogP contribution < -0.4 is 11.2 Å². The Morgan fingerprint density at radius 1 is 1.38 bits per heavy atom. The molecule has 0 saturated heterocycles. The number of hydrogen-bond donors (Lipinski definition) is 0. The average molecular weight is 226 g/mol. The van der Waals surface area contributed by atoms with Gasteiger partial charge < -0.3 is 9.47 Å². The number of aromatic nitrogens is 2. The van der Waals surface area contributed by atoms with Crippen LogP contribution in [0, 0.1) is 0 Å². The van der Waals surface area contributed by atoms with Gasteiger partial charge in [0.2, 0.25) is 0 Å². The maximum atomic E-state index is 11.7. The lowest BCUT2D eigenvalue weighted by Gasteiger charge is -2.17. The molecule has 0 spiro atoms. The summed E-state index contributed by atoms with van der Waals surface area (Å²) in [5.74, 6) is 0. The van der Waals surface area contributed by atoms with Crippen LogP contribution in [0.4, 0.5) is 0 Å². The maximum absolute atomic E-state index is 11.7. The summed E-state index contributed by atoms with van der Waals surface area (Å²) in [5.41, 5.74) is -0.595. The van der Waals surface area contributed by atoms with Crippen LogP contribution in [-0.2, 0) is 16.5 Å². The van der Waals surface area contributed by atoms with Crippen LogP contribution >= 0.6 is 0 Å². The summed E-state index contributed by atoms with van der Waals surface area (Å²) >= 11 is 0. The van der Waals surface area contributed by atoms with E-state index in [2.05, 4.69) is 6.58 Å². The van der Waals surface area contributed by atoms with Crippen molar-refractivity contribution in [3.63, 3.8) is 0 Å². The molecule has 0 radical (unpaired) electrons. The molecule has 0 aliphatic rings. The van der Waals surface area contributed by atoms with E-state index < -0.39 is 17.5 Å². The van der Waals surface area contributed by atoms with E-state index in [1.807, 2.05) is 0 Å². The molecule has 1 heterocycles. The standard InChI is InChI=1S/C10H14N2O4/c1-5-12-7(9(15-3)16-4)6-8(13)11(2)10(12)14/h5-6,9H,1H2,2-4H3. The number of methoxy groups -OCH3 is 2. The molecule has 0 N–H and O–H groups in total. The SMILES string of the molecule is C=Cn1c(C(OC)OC)cc(=O)n(C)c1=O. The Kier molecular flexibility index (Phi) is 3.81. The Balaban J connectivity index is 3.56. The summed E-state index contributed by atoms with van der Waals surface area (Å²) in [6, 6.07) is 1.28. The first-order valence-electron chi connectivity index (χ1n) is 4.57. The fraction of sp³-hybridized carbons (Fsp3) is 0.400. The van der Waals surface area contributed by atoms with Crippen molar-refractivity contribution in [1.29, 1.82) is 0 Å². The van der Waals surface area contributed by atoms with Crippen LogP contribution in [0.1, 0.15) is 12.0 Å². The van der Waals surface area contributed by atoms with E-state index in [1.165, 1.54) is 38.1 Å². The Hall–Kier alpha value is -1.66. The maximum Gasteiger partial charge on any atom is 0.335 e. The van der Waals surface area contributed by atoms with Crippen LogP contribution in [0.2, 0.25) is 0 Å². The lowest BCUT2D eigenvalue weighted by atomic mass is 10.3. The molecule has 88 valence electrons. The Morgan fingerprint density at radius 3 is 2.38 bits per heavy atom. The normalized spacial score (nSPS) is 10.8. The summed E-state index contributed by atoms with van der Waals surface area (Å²) in [6.45, 7) is 3.51. The van der Waals surface area contributed by atoms with Gasteiger partial charge in [-0.15, -0.1) is 0 Å². The van der Waals surface area contributed by atoms with Crippen molar-refractivity contribution in [2.75, 3.05) is 14.2 Å². The molecule has 0 aromatic carbocycles. The van der Waals surface area contributed by atoms with E-state index in [0.29, 0.717) is 5.69 Å². The molecule has 1 aromatic rings. The average Bonchev–Trinajstić information content (AvgIpc) is 2.28. The third-order valence-corrected chi connectivity index (χ3v) is 2.23. The zero-order valence-electron chi connectivity index (χ0n) is 9.47. The minimum Gasteiger partial charge on any atom is -0.350 e. The fourth-order valence-electron chi connectivity index (χ4n) is 1.36. The second-order valence-corrected chi connectivity index (χ2v) is 3.10. The number of ether oxygens (including phenoxy) is 2. The molecule has 0 atom stereocenters. The molecule has 0 bridgehead atoms. The highest BCUT2D eigenvalue weighted by Crippen LogP contribution is 2.13. The van der Waals surface area contributed by atoms with Gasteiger partial charge in [-0.2, -0.15) is 0 Å². The first kappa shape index (κ1) is 12.4. The quantitative estimate of drug-likeness (QED) is 0.675. The topological polar surface area (TPSA) is 62.5 Å². The van der Waals surface area contributed by atoms with E-state index in [9.17, 15) is 9.59 Å². The number of nitrogens with zero attached hydrogens (tertiary/aromatic N) is 2. The Bertz CT molecular complexity index is 497. The van der Waals surface area contributed by atoms with Gasteiger partial charge in [0.25, 0.3) is 5.56 Å². The van der Waals surface area contributed by atoms with Crippen molar-refractivity contribution < 1.29 is 9.47 Å². The molecule has 16 heavy (non-hydrogen) atoms. The zero-order valence-corrected chi connectivity index (χ0v) is 9.47. The highest BCUT2D eigenvalue weighted by atomic mass is 16.7. The van der Waals surface area contributed by atoms with Crippen molar-refractivity contribution >= 4 is 6.20 Å². The summed E-state index contributed by atoms with van der Waals surface area (Å²) in [4.78, 5) is 23.2. The Labute approximate surface area is 92.3 Å². The first-order chi connectivity index (χ1) is 7.56. The molecule has 0 aliphatic carbocycles. The predicted molar refractivity (Wildman–Crippen MR) is 59.1 cm³/mol. The lowest BCUT2D eigenvalue weighted by molar-refractivity contribution is -0.110. The van der Waals surface area contributed by atoms with Crippen LogP contribution in [0.3, 0.4) is 0 Å². The van der Waals surface area contributed by atoms with E-state index in [-0.39, 0.29) is 0 Å². The molecule has 0 saturated carbocycles. The van der Waals surface area contributed by atoms with E-state index in [4.69, 9.17) is 9.47 Å². The van der Waals surface area contributed by atoms with Crippen molar-refractivity contribution in [3.8, 4) is 0 Å². The third kappa shape index (κ3) is 1.98. The summed E-state index contributed by atoms with van der Waals surface area (Å²) in [6.07, 6.45) is 0.530. The van der Waals surface area contributed by atoms with Crippen LogP contribution in [-0.4, -0.2) is 23.4 Å². The second kappa shape index (κ2) is 4.91. The molecule has 0 aliphatic heterocycles. The monoisotopic (exact) mass is 226 g/mol. The molecular weight excluding hydrogens is 212 g/mol. The van der Waals surface area contributed by atoms with Gasteiger partial charge in [0.05, 0.1) is 5.69 Å². The van der Waals surface area contributed by atoms with Gasteiger partial charge in [-0.25, -0.2) is 4.79 Å². The minimum atomic E-state index is -0.778.